The summed E-state index contributed by atoms with van der Waals surface area (Å²) in [7, 11) is 0. The Labute approximate surface area is 103 Å². The van der Waals surface area contributed by atoms with Gasteiger partial charge in [0, 0.05) is 0 Å². The maximum atomic E-state index is 12.8. The first-order chi connectivity index (χ1) is 8.74. The number of allylic oxidation sites excluding steroid dienone is 1. The lowest BCUT2D eigenvalue weighted by Gasteiger charge is -2.11. The number of halogens is 3. The Bertz CT molecular complexity index is 545. The zero-order chi connectivity index (χ0) is 13.0. The molecule has 0 aromatic heterocycles. The van der Waals surface area contributed by atoms with Crippen LogP contribution in [0.5, 0.6) is 0 Å². The lowest BCUT2D eigenvalue weighted by Crippen LogP contribution is -1.98. The number of hydrogen-bond donors (Lipinski definition) is 0. The van der Waals surface area contributed by atoms with Gasteiger partial charge in [-0.1, -0.05) is 54.6 Å². The van der Waals surface area contributed by atoms with E-state index in [0.29, 0.717) is 5.56 Å². The molecule has 0 radical (unpaired) electrons. The zero-order valence-corrected chi connectivity index (χ0v) is 9.48. The molecule has 0 N–H and O–H groups in total. The first kappa shape index (κ1) is 12.4. The van der Waals surface area contributed by atoms with Crippen LogP contribution in [0.3, 0.4) is 0 Å². The van der Waals surface area contributed by atoms with Crippen LogP contribution in [0.4, 0.5) is 13.2 Å². The predicted molar refractivity (Wildman–Crippen MR) is 67.0 cm³/mol. The molecule has 2 aromatic rings. The Morgan fingerprint density at radius 3 is 2.11 bits per heavy atom. The molecular formula is C15H11F3. The summed E-state index contributed by atoms with van der Waals surface area (Å²) in [4.78, 5) is 0. The third-order valence-corrected chi connectivity index (χ3v) is 2.68. The molecule has 92 valence electrons. The van der Waals surface area contributed by atoms with E-state index < -0.39 is 12.0 Å². The molecule has 0 saturated heterocycles. The van der Waals surface area contributed by atoms with Gasteiger partial charge in [-0.25, -0.2) is 13.2 Å². The van der Waals surface area contributed by atoms with Gasteiger partial charge in [-0.15, -0.1) is 0 Å². The molecule has 2 rings (SSSR count). The Morgan fingerprint density at radius 1 is 0.889 bits per heavy atom. The maximum absolute atomic E-state index is 12.8. The highest BCUT2D eigenvalue weighted by molar-refractivity contribution is 5.81. The second kappa shape index (κ2) is 5.54. The van der Waals surface area contributed by atoms with Crippen LogP contribution in [0.25, 0.3) is 16.7 Å². The minimum atomic E-state index is -2.83. The van der Waals surface area contributed by atoms with Gasteiger partial charge in [-0.05, 0) is 16.7 Å². The molecule has 0 spiro atoms. The van der Waals surface area contributed by atoms with Crippen LogP contribution in [-0.2, 0) is 0 Å². The molecule has 0 nitrogen and oxygen atoms in total. The molecule has 0 aliphatic carbocycles. The molecule has 2 aromatic carbocycles. The van der Waals surface area contributed by atoms with E-state index in [0.717, 1.165) is 5.56 Å². The number of rotatable bonds is 3. The van der Waals surface area contributed by atoms with Crippen molar-refractivity contribution in [3.63, 3.8) is 0 Å². The van der Waals surface area contributed by atoms with E-state index in [2.05, 4.69) is 0 Å². The predicted octanol–water partition coefficient (Wildman–Crippen LogP) is 4.93. The van der Waals surface area contributed by atoms with E-state index in [1.165, 1.54) is 6.07 Å². The molecule has 0 atom stereocenters. The Morgan fingerprint density at radius 2 is 1.50 bits per heavy atom. The van der Waals surface area contributed by atoms with E-state index in [1.54, 1.807) is 30.3 Å². The van der Waals surface area contributed by atoms with Gasteiger partial charge in [0.1, 0.15) is 0 Å². The van der Waals surface area contributed by atoms with E-state index in [-0.39, 0.29) is 11.9 Å². The van der Waals surface area contributed by atoms with Crippen molar-refractivity contribution in [2.24, 2.45) is 0 Å². The van der Waals surface area contributed by atoms with Crippen molar-refractivity contribution in [3.05, 3.63) is 66.5 Å². The topological polar surface area (TPSA) is 0 Å². The smallest absolute Gasteiger partial charge is 0.215 e. The summed E-state index contributed by atoms with van der Waals surface area (Å²) in [6.07, 6.45) is -2.85. The van der Waals surface area contributed by atoms with Crippen molar-refractivity contribution < 1.29 is 13.2 Å². The Kier molecular flexibility index (Phi) is 3.82. The van der Waals surface area contributed by atoms with Crippen LogP contribution in [-0.4, -0.2) is 6.43 Å². The van der Waals surface area contributed by atoms with E-state index in [1.807, 2.05) is 18.2 Å². The van der Waals surface area contributed by atoms with Gasteiger partial charge in [0.15, 0.2) is 0 Å². The molecular weight excluding hydrogens is 237 g/mol. The van der Waals surface area contributed by atoms with Gasteiger partial charge in [-0.3, -0.25) is 0 Å². The SMILES string of the molecule is FC=C(c1ccccc1-c1ccccc1)C(F)F. The highest BCUT2D eigenvalue weighted by atomic mass is 19.3. The van der Waals surface area contributed by atoms with Crippen LogP contribution in [0, 0.1) is 0 Å². The quantitative estimate of drug-likeness (QED) is 0.722. The summed E-state index contributed by atoms with van der Waals surface area (Å²) in [6, 6.07) is 15.6. The van der Waals surface area contributed by atoms with Crippen molar-refractivity contribution in [3.8, 4) is 11.1 Å². The van der Waals surface area contributed by atoms with Crippen molar-refractivity contribution in [2.75, 3.05) is 0 Å². The first-order valence-electron chi connectivity index (χ1n) is 5.47. The second-order valence-corrected chi connectivity index (χ2v) is 3.78. The van der Waals surface area contributed by atoms with Gasteiger partial charge in [0.25, 0.3) is 6.43 Å². The Hall–Kier alpha value is -2.03. The summed E-state index contributed by atoms with van der Waals surface area (Å²) >= 11 is 0. The van der Waals surface area contributed by atoms with Crippen LogP contribution < -0.4 is 0 Å². The minimum Gasteiger partial charge on any atom is -0.215 e. The summed E-state index contributed by atoms with van der Waals surface area (Å²) < 4.78 is 38.2. The van der Waals surface area contributed by atoms with Crippen molar-refractivity contribution >= 4 is 5.57 Å². The summed E-state index contributed by atoms with van der Waals surface area (Å²) in [5.74, 6) is 0. The maximum Gasteiger partial charge on any atom is 0.266 e. The molecule has 18 heavy (non-hydrogen) atoms. The van der Waals surface area contributed by atoms with Crippen LogP contribution in [0.2, 0.25) is 0 Å². The first-order valence-corrected chi connectivity index (χ1v) is 5.47. The third-order valence-electron chi connectivity index (χ3n) is 2.68. The van der Waals surface area contributed by atoms with Crippen LogP contribution in [0.15, 0.2) is 60.9 Å². The lowest BCUT2D eigenvalue weighted by molar-refractivity contribution is 0.214. The molecule has 0 amide bonds. The molecule has 0 saturated carbocycles. The Balaban J connectivity index is 2.57. The number of benzene rings is 2. The van der Waals surface area contributed by atoms with Gasteiger partial charge < -0.3 is 0 Å². The summed E-state index contributed by atoms with van der Waals surface area (Å²) in [5, 5.41) is 0. The van der Waals surface area contributed by atoms with E-state index in [9.17, 15) is 13.2 Å². The van der Waals surface area contributed by atoms with E-state index in [4.69, 9.17) is 0 Å². The molecule has 0 aliphatic rings. The second-order valence-electron chi connectivity index (χ2n) is 3.78. The average Bonchev–Trinajstić information content (AvgIpc) is 2.41. The fourth-order valence-electron chi connectivity index (χ4n) is 1.83. The van der Waals surface area contributed by atoms with Crippen LogP contribution >= 0.6 is 0 Å². The number of alkyl halides is 2. The summed E-state index contributed by atoms with van der Waals surface area (Å²) in [5.41, 5.74) is 1.02. The van der Waals surface area contributed by atoms with Gasteiger partial charge in [-0.2, -0.15) is 0 Å². The van der Waals surface area contributed by atoms with Crippen molar-refractivity contribution in [2.45, 2.75) is 6.43 Å². The highest BCUT2D eigenvalue weighted by Gasteiger charge is 2.17. The fourth-order valence-corrected chi connectivity index (χ4v) is 1.83. The highest BCUT2D eigenvalue weighted by Crippen LogP contribution is 2.31. The zero-order valence-electron chi connectivity index (χ0n) is 9.48. The van der Waals surface area contributed by atoms with Gasteiger partial charge in [0.2, 0.25) is 0 Å². The van der Waals surface area contributed by atoms with Crippen molar-refractivity contribution in [1.82, 2.24) is 0 Å². The molecule has 0 fully saturated rings. The lowest BCUT2D eigenvalue weighted by atomic mass is 9.95. The van der Waals surface area contributed by atoms with Gasteiger partial charge >= 0.3 is 0 Å². The molecule has 0 aliphatic heterocycles. The molecule has 0 heterocycles. The molecule has 0 bridgehead atoms. The molecule has 3 heteroatoms. The van der Waals surface area contributed by atoms with Gasteiger partial charge in [0.05, 0.1) is 11.9 Å². The fraction of sp³-hybridized carbons (Fsp3) is 0.0667. The monoisotopic (exact) mass is 248 g/mol. The largest absolute Gasteiger partial charge is 0.266 e. The normalized spacial score (nSPS) is 11.9. The standard InChI is InChI=1S/C15H11F3/c16-10-14(15(17)18)13-9-5-4-8-12(13)11-6-2-1-3-7-11/h1-10,15H. The van der Waals surface area contributed by atoms with E-state index >= 15 is 0 Å². The third kappa shape index (κ3) is 2.45. The molecule has 0 unspecified atom stereocenters. The number of hydrogen-bond acceptors (Lipinski definition) is 0. The van der Waals surface area contributed by atoms with Crippen molar-refractivity contribution in [1.29, 1.82) is 0 Å². The van der Waals surface area contributed by atoms with Crippen LogP contribution in [0.1, 0.15) is 5.56 Å². The summed E-state index contributed by atoms with van der Waals surface area (Å²) in [6.45, 7) is 0. The minimum absolute atomic E-state index is 0.0214. The average molecular weight is 248 g/mol.